The van der Waals surface area contributed by atoms with E-state index in [0.29, 0.717) is 0 Å². The Kier molecular flexibility index (Phi) is 4.17. The van der Waals surface area contributed by atoms with Gasteiger partial charge in [-0.15, -0.1) is 0 Å². The normalized spacial score (nSPS) is 10.2. The molecule has 0 aromatic heterocycles. The van der Waals surface area contributed by atoms with E-state index in [0.717, 1.165) is 0 Å². The van der Waals surface area contributed by atoms with E-state index in [1.807, 2.05) is 0 Å². The first-order valence-corrected chi connectivity index (χ1v) is 2.45. The Morgan fingerprint density at radius 2 is 2.38 bits per heavy atom. The van der Waals surface area contributed by atoms with E-state index < -0.39 is 0 Å². The molecule has 2 nitrogen and oxygen atoms in total. The highest BCUT2D eigenvalue weighted by molar-refractivity contribution is 5.90. The molecule has 0 radical (unpaired) electrons. The van der Waals surface area contributed by atoms with E-state index in [2.05, 4.69) is 4.74 Å². The summed E-state index contributed by atoms with van der Waals surface area (Å²) in [4.78, 5) is 10.4. The van der Waals surface area contributed by atoms with Crippen LogP contribution in [0.3, 0.4) is 0 Å². The first kappa shape index (κ1) is 7.37. The molecule has 0 spiro atoms. The molecule has 0 N–H and O–H groups in total. The predicted molar refractivity (Wildman–Crippen MR) is 31.7 cm³/mol. The summed E-state index contributed by atoms with van der Waals surface area (Å²) in [5.74, 6) is 0.00926. The molecule has 0 amide bonds. The largest absolute Gasteiger partial charge is 0.377 e. The third-order valence-electron chi connectivity index (χ3n) is 0.639. The Labute approximate surface area is 49.1 Å². The number of methoxy groups -OCH3 is 1. The summed E-state index contributed by atoms with van der Waals surface area (Å²) >= 11 is 0. The summed E-state index contributed by atoms with van der Waals surface area (Å²) in [5.41, 5.74) is 0. The fourth-order valence-corrected chi connectivity index (χ4v) is 0.376. The molecule has 0 aliphatic rings. The van der Waals surface area contributed by atoms with Crippen molar-refractivity contribution in [2.24, 2.45) is 0 Å². The number of carbonyl (C=O) groups is 1. The first-order chi connectivity index (χ1) is 3.81. The average molecular weight is 114 g/mol. The third kappa shape index (κ3) is 3.56. The fraction of sp³-hybridized carbons (Fsp3) is 0.500. The van der Waals surface area contributed by atoms with Crippen LogP contribution in [0.25, 0.3) is 0 Å². The van der Waals surface area contributed by atoms with Gasteiger partial charge in [-0.25, -0.2) is 0 Å². The molecule has 0 aliphatic heterocycles. The van der Waals surface area contributed by atoms with Gasteiger partial charge in [0.05, 0.1) is 0 Å². The van der Waals surface area contributed by atoms with E-state index in [1.54, 1.807) is 13.0 Å². The molecule has 0 saturated heterocycles. The van der Waals surface area contributed by atoms with Gasteiger partial charge in [-0.05, 0) is 13.0 Å². The monoisotopic (exact) mass is 114 g/mol. The van der Waals surface area contributed by atoms with Gasteiger partial charge in [0.1, 0.15) is 6.61 Å². The SMILES string of the molecule is C/C=C/C(=O)COC. The smallest absolute Gasteiger partial charge is 0.180 e. The fourth-order valence-electron chi connectivity index (χ4n) is 0.376. The second-order valence-corrected chi connectivity index (χ2v) is 1.40. The van der Waals surface area contributed by atoms with Gasteiger partial charge < -0.3 is 4.74 Å². The number of carbonyl (C=O) groups excluding carboxylic acids is 1. The minimum Gasteiger partial charge on any atom is -0.377 e. The maximum absolute atomic E-state index is 10.4. The van der Waals surface area contributed by atoms with Gasteiger partial charge in [0.25, 0.3) is 0 Å². The van der Waals surface area contributed by atoms with Crippen LogP contribution in [0.2, 0.25) is 0 Å². The highest BCUT2D eigenvalue weighted by atomic mass is 16.5. The van der Waals surface area contributed by atoms with Crippen LogP contribution in [0.4, 0.5) is 0 Å². The predicted octanol–water partition coefficient (Wildman–Crippen LogP) is 0.778. The van der Waals surface area contributed by atoms with Gasteiger partial charge in [-0.1, -0.05) is 6.08 Å². The lowest BCUT2D eigenvalue weighted by molar-refractivity contribution is -0.118. The number of rotatable bonds is 3. The molecule has 0 aromatic rings. The lowest BCUT2D eigenvalue weighted by Crippen LogP contribution is -2.01. The maximum atomic E-state index is 10.4. The quantitative estimate of drug-likeness (QED) is 0.507. The van der Waals surface area contributed by atoms with Gasteiger partial charge >= 0.3 is 0 Å². The molecule has 0 saturated carbocycles. The molecular weight excluding hydrogens is 104 g/mol. The molecule has 0 unspecified atom stereocenters. The highest BCUT2D eigenvalue weighted by Gasteiger charge is 1.89. The second-order valence-electron chi connectivity index (χ2n) is 1.40. The van der Waals surface area contributed by atoms with Crippen LogP contribution in [0.1, 0.15) is 6.92 Å². The van der Waals surface area contributed by atoms with Crippen LogP contribution in [-0.4, -0.2) is 19.5 Å². The van der Waals surface area contributed by atoms with Crippen LogP contribution < -0.4 is 0 Å². The van der Waals surface area contributed by atoms with Gasteiger partial charge in [0.15, 0.2) is 5.78 Å². The van der Waals surface area contributed by atoms with Crippen molar-refractivity contribution in [2.45, 2.75) is 6.92 Å². The van der Waals surface area contributed by atoms with Crippen LogP contribution in [-0.2, 0) is 9.53 Å². The lowest BCUT2D eigenvalue weighted by Gasteiger charge is -1.87. The van der Waals surface area contributed by atoms with Crippen molar-refractivity contribution in [2.75, 3.05) is 13.7 Å². The van der Waals surface area contributed by atoms with Gasteiger partial charge in [-0.3, -0.25) is 4.79 Å². The molecule has 46 valence electrons. The van der Waals surface area contributed by atoms with E-state index >= 15 is 0 Å². The van der Waals surface area contributed by atoms with Crippen molar-refractivity contribution >= 4 is 5.78 Å². The van der Waals surface area contributed by atoms with E-state index in [9.17, 15) is 4.79 Å². The summed E-state index contributed by atoms with van der Waals surface area (Å²) < 4.78 is 4.56. The average Bonchev–Trinajstić information content (AvgIpc) is 1.68. The van der Waals surface area contributed by atoms with Gasteiger partial charge in [0, 0.05) is 7.11 Å². The summed E-state index contributed by atoms with van der Waals surface area (Å²) in [6.45, 7) is 1.98. The molecule has 0 heterocycles. The number of hydrogen-bond acceptors (Lipinski definition) is 2. The minimum atomic E-state index is 0.00926. The van der Waals surface area contributed by atoms with Crippen molar-refractivity contribution in [3.05, 3.63) is 12.2 Å². The zero-order chi connectivity index (χ0) is 6.41. The Morgan fingerprint density at radius 3 is 2.75 bits per heavy atom. The summed E-state index contributed by atoms with van der Waals surface area (Å²) in [6, 6.07) is 0. The molecule has 0 bridgehead atoms. The second kappa shape index (κ2) is 4.53. The molecule has 0 aromatic carbocycles. The number of ketones is 1. The number of hydrogen-bond donors (Lipinski definition) is 0. The van der Waals surface area contributed by atoms with Crippen molar-refractivity contribution in [1.82, 2.24) is 0 Å². The molecule has 2 heteroatoms. The summed E-state index contributed by atoms with van der Waals surface area (Å²) in [7, 11) is 1.50. The molecule has 0 atom stereocenters. The van der Waals surface area contributed by atoms with Crippen LogP contribution in [0, 0.1) is 0 Å². The van der Waals surface area contributed by atoms with Gasteiger partial charge in [0.2, 0.25) is 0 Å². The zero-order valence-corrected chi connectivity index (χ0v) is 5.18. The Bertz CT molecular complexity index is 94.7. The number of ether oxygens (including phenoxy) is 1. The Morgan fingerprint density at radius 1 is 1.75 bits per heavy atom. The lowest BCUT2D eigenvalue weighted by atomic mass is 10.4. The molecule has 8 heavy (non-hydrogen) atoms. The van der Waals surface area contributed by atoms with Gasteiger partial charge in [-0.2, -0.15) is 0 Å². The first-order valence-electron chi connectivity index (χ1n) is 2.45. The molecule has 0 fully saturated rings. The van der Waals surface area contributed by atoms with Crippen LogP contribution >= 0.6 is 0 Å². The maximum Gasteiger partial charge on any atom is 0.180 e. The molecular formula is C6H10O2. The highest BCUT2D eigenvalue weighted by Crippen LogP contribution is 1.75. The van der Waals surface area contributed by atoms with Crippen molar-refractivity contribution < 1.29 is 9.53 Å². The van der Waals surface area contributed by atoms with Crippen molar-refractivity contribution in [3.63, 3.8) is 0 Å². The Balaban J connectivity index is 3.33. The summed E-state index contributed by atoms with van der Waals surface area (Å²) in [6.07, 6.45) is 3.19. The third-order valence-corrected chi connectivity index (χ3v) is 0.639. The zero-order valence-electron chi connectivity index (χ0n) is 5.18. The topological polar surface area (TPSA) is 26.3 Å². The minimum absolute atomic E-state index is 0.00926. The van der Waals surface area contributed by atoms with Crippen molar-refractivity contribution in [1.29, 1.82) is 0 Å². The molecule has 0 aliphatic carbocycles. The van der Waals surface area contributed by atoms with E-state index in [4.69, 9.17) is 0 Å². The van der Waals surface area contributed by atoms with E-state index in [-0.39, 0.29) is 12.4 Å². The number of allylic oxidation sites excluding steroid dienone is 1. The van der Waals surface area contributed by atoms with Crippen LogP contribution in [0.5, 0.6) is 0 Å². The Hall–Kier alpha value is -0.630. The van der Waals surface area contributed by atoms with E-state index in [1.165, 1.54) is 13.2 Å². The van der Waals surface area contributed by atoms with Crippen LogP contribution in [0.15, 0.2) is 12.2 Å². The summed E-state index contributed by atoms with van der Waals surface area (Å²) in [5, 5.41) is 0. The molecule has 0 rings (SSSR count). The standard InChI is InChI=1S/C6H10O2/c1-3-4-6(7)5-8-2/h3-4H,5H2,1-2H3/b4-3+. The van der Waals surface area contributed by atoms with Crippen molar-refractivity contribution in [3.8, 4) is 0 Å².